The third-order valence-electron chi connectivity index (χ3n) is 3.21. The number of thioether (sulfide) groups is 1. The Morgan fingerprint density at radius 3 is 2.50 bits per heavy atom. The zero-order valence-corrected chi connectivity index (χ0v) is 14.1. The van der Waals surface area contributed by atoms with E-state index in [0.717, 1.165) is 5.56 Å². The molecule has 8 heteroatoms. The third-order valence-corrected chi connectivity index (χ3v) is 4.39. The third kappa shape index (κ3) is 3.72. The zero-order chi connectivity index (χ0) is 16.1. The Kier molecular flexibility index (Phi) is 5.68. The highest BCUT2D eigenvalue weighted by Gasteiger charge is 2.15. The molecule has 0 bridgehead atoms. The van der Waals surface area contributed by atoms with Crippen molar-refractivity contribution in [2.75, 3.05) is 24.7 Å². The van der Waals surface area contributed by atoms with Gasteiger partial charge in [0.1, 0.15) is 0 Å². The lowest BCUT2D eigenvalue weighted by Crippen LogP contribution is -2.32. The molecule has 1 aromatic heterocycles. The van der Waals surface area contributed by atoms with Crippen molar-refractivity contribution < 1.29 is 4.79 Å². The van der Waals surface area contributed by atoms with E-state index in [-0.39, 0.29) is 11.7 Å². The normalized spacial score (nSPS) is 10.7. The van der Waals surface area contributed by atoms with Gasteiger partial charge in [-0.05, 0) is 38.1 Å². The number of rotatable bonds is 6. The fraction of sp³-hybridized carbons (Fsp3) is 0.357. The quantitative estimate of drug-likeness (QED) is 0.645. The van der Waals surface area contributed by atoms with E-state index >= 15 is 0 Å². The van der Waals surface area contributed by atoms with Crippen LogP contribution in [0.15, 0.2) is 29.4 Å². The molecule has 0 atom stereocenters. The van der Waals surface area contributed by atoms with Crippen LogP contribution in [0.2, 0.25) is 5.02 Å². The van der Waals surface area contributed by atoms with Gasteiger partial charge in [0, 0.05) is 23.7 Å². The van der Waals surface area contributed by atoms with Crippen molar-refractivity contribution in [1.29, 1.82) is 0 Å². The van der Waals surface area contributed by atoms with E-state index in [9.17, 15) is 4.79 Å². The lowest BCUT2D eigenvalue weighted by molar-refractivity contribution is -0.127. The molecule has 0 unspecified atom stereocenters. The number of amides is 1. The molecule has 2 rings (SSSR count). The van der Waals surface area contributed by atoms with Crippen LogP contribution in [0.3, 0.4) is 0 Å². The van der Waals surface area contributed by atoms with Gasteiger partial charge in [0.2, 0.25) is 11.1 Å². The minimum absolute atomic E-state index is 0.0612. The Balaban J connectivity index is 2.08. The molecule has 0 aliphatic heterocycles. The minimum Gasteiger partial charge on any atom is -0.343 e. The number of nitrogens with zero attached hydrogens (tertiary/aromatic N) is 4. The Morgan fingerprint density at radius 1 is 1.27 bits per heavy atom. The first kappa shape index (κ1) is 16.6. The highest BCUT2D eigenvalue weighted by Crippen LogP contribution is 2.23. The summed E-state index contributed by atoms with van der Waals surface area (Å²) in [7, 11) is 0. The molecule has 0 spiro atoms. The Morgan fingerprint density at radius 2 is 1.91 bits per heavy atom. The lowest BCUT2D eigenvalue weighted by atomic mass is 10.2. The molecule has 0 saturated carbocycles. The molecular weight excluding hydrogens is 322 g/mol. The highest BCUT2D eigenvalue weighted by molar-refractivity contribution is 7.99. The second-order valence-electron chi connectivity index (χ2n) is 4.54. The van der Waals surface area contributed by atoms with Gasteiger partial charge in [0.15, 0.2) is 5.82 Å². The minimum atomic E-state index is 0.0612. The van der Waals surface area contributed by atoms with Gasteiger partial charge in [-0.3, -0.25) is 4.79 Å². The van der Waals surface area contributed by atoms with E-state index < -0.39 is 0 Å². The summed E-state index contributed by atoms with van der Waals surface area (Å²) in [6.45, 7) is 5.30. The van der Waals surface area contributed by atoms with E-state index in [0.29, 0.717) is 29.1 Å². The van der Waals surface area contributed by atoms with E-state index in [1.165, 1.54) is 16.4 Å². The molecule has 2 N–H and O–H groups in total. The maximum Gasteiger partial charge on any atom is 0.233 e. The molecule has 22 heavy (non-hydrogen) atoms. The number of carbonyl (C=O) groups is 1. The number of hydrogen-bond acceptors (Lipinski definition) is 5. The highest BCUT2D eigenvalue weighted by atomic mass is 35.5. The number of nitrogen functional groups attached to an aromatic ring is 1. The van der Waals surface area contributed by atoms with Gasteiger partial charge in [-0.25, -0.2) is 4.68 Å². The van der Waals surface area contributed by atoms with Gasteiger partial charge in [-0.1, -0.05) is 23.4 Å². The number of carbonyl (C=O) groups excluding carboxylic acids is 1. The Hall–Kier alpha value is -1.73. The van der Waals surface area contributed by atoms with Crippen molar-refractivity contribution >= 4 is 29.3 Å². The average molecular weight is 340 g/mol. The molecule has 0 fully saturated rings. The molecule has 1 aromatic carbocycles. The summed E-state index contributed by atoms with van der Waals surface area (Å²) < 4.78 is 1.39. The summed E-state index contributed by atoms with van der Waals surface area (Å²) >= 11 is 7.15. The van der Waals surface area contributed by atoms with Crippen LogP contribution < -0.4 is 5.84 Å². The summed E-state index contributed by atoms with van der Waals surface area (Å²) in [6, 6.07) is 7.18. The molecule has 1 amide bonds. The smallest absolute Gasteiger partial charge is 0.233 e. The number of aromatic nitrogens is 3. The monoisotopic (exact) mass is 339 g/mol. The van der Waals surface area contributed by atoms with E-state index in [2.05, 4.69) is 10.2 Å². The number of nitrogens with two attached hydrogens (primary N) is 1. The summed E-state index contributed by atoms with van der Waals surface area (Å²) in [5.74, 6) is 6.90. The maximum atomic E-state index is 12.0. The molecule has 2 aromatic rings. The second-order valence-corrected chi connectivity index (χ2v) is 5.92. The number of benzene rings is 1. The maximum absolute atomic E-state index is 12.0. The van der Waals surface area contributed by atoms with Crippen LogP contribution in [0.25, 0.3) is 11.4 Å². The van der Waals surface area contributed by atoms with E-state index in [1.54, 1.807) is 17.0 Å². The average Bonchev–Trinajstić information content (AvgIpc) is 2.88. The van der Waals surface area contributed by atoms with Crippen molar-refractivity contribution in [2.45, 2.75) is 19.0 Å². The van der Waals surface area contributed by atoms with Crippen LogP contribution >= 0.6 is 23.4 Å². The van der Waals surface area contributed by atoms with E-state index in [1.807, 2.05) is 26.0 Å². The van der Waals surface area contributed by atoms with Crippen LogP contribution in [-0.4, -0.2) is 44.5 Å². The fourth-order valence-corrected chi connectivity index (χ4v) is 2.85. The second kappa shape index (κ2) is 7.51. The fourth-order valence-electron chi connectivity index (χ4n) is 1.97. The van der Waals surface area contributed by atoms with Crippen LogP contribution in [0.1, 0.15) is 13.8 Å². The van der Waals surface area contributed by atoms with Crippen LogP contribution in [0.5, 0.6) is 0 Å². The molecule has 0 radical (unpaired) electrons. The Bertz CT molecular complexity index is 639. The molecular formula is C14H18ClN5OS. The van der Waals surface area contributed by atoms with Crippen LogP contribution in [0.4, 0.5) is 0 Å². The van der Waals surface area contributed by atoms with Crippen molar-refractivity contribution in [3.05, 3.63) is 29.3 Å². The van der Waals surface area contributed by atoms with Crippen LogP contribution in [-0.2, 0) is 4.79 Å². The van der Waals surface area contributed by atoms with Crippen molar-refractivity contribution in [1.82, 2.24) is 19.8 Å². The standard InChI is InChI=1S/C14H18ClN5OS/c1-3-19(4-2)12(21)9-22-14-18-17-13(20(14)16)10-5-7-11(15)8-6-10/h5-8H,3-4,9,16H2,1-2H3. The molecule has 0 aliphatic rings. The summed E-state index contributed by atoms with van der Waals surface area (Å²) in [5, 5.41) is 9.27. The molecule has 6 nitrogen and oxygen atoms in total. The first-order valence-electron chi connectivity index (χ1n) is 6.93. The zero-order valence-electron chi connectivity index (χ0n) is 12.5. The first-order chi connectivity index (χ1) is 10.6. The van der Waals surface area contributed by atoms with Crippen molar-refractivity contribution in [3.8, 4) is 11.4 Å². The van der Waals surface area contributed by atoms with Gasteiger partial charge in [0.05, 0.1) is 5.75 Å². The molecule has 0 aliphatic carbocycles. The molecule has 1 heterocycles. The predicted molar refractivity (Wildman–Crippen MR) is 89.3 cm³/mol. The topological polar surface area (TPSA) is 77.0 Å². The van der Waals surface area contributed by atoms with E-state index in [4.69, 9.17) is 17.4 Å². The number of hydrogen-bond donors (Lipinski definition) is 1. The van der Waals surface area contributed by atoms with Crippen molar-refractivity contribution in [2.24, 2.45) is 0 Å². The van der Waals surface area contributed by atoms with Gasteiger partial charge < -0.3 is 10.7 Å². The largest absolute Gasteiger partial charge is 0.343 e. The van der Waals surface area contributed by atoms with Gasteiger partial charge >= 0.3 is 0 Å². The SMILES string of the molecule is CCN(CC)C(=O)CSc1nnc(-c2ccc(Cl)cc2)n1N. The van der Waals surface area contributed by atoms with Gasteiger partial charge in [0.25, 0.3) is 0 Å². The van der Waals surface area contributed by atoms with Gasteiger partial charge in [-0.15, -0.1) is 10.2 Å². The lowest BCUT2D eigenvalue weighted by Gasteiger charge is -2.17. The first-order valence-corrected chi connectivity index (χ1v) is 8.30. The summed E-state index contributed by atoms with van der Waals surface area (Å²) in [4.78, 5) is 13.8. The van der Waals surface area contributed by atoms with Crippen molar-refractivity contribution in [3.63, 3.8) is 0 Å². The summed E-state index contributed by atoms with van der Waals surface area (Å²) in [6.07, 6.45) is 0. The summed E-state index contributed by atoms with van der Waals surface area (Å²) in [5.41, 5.74) is 0.821. The number of halogens is 1. The predicted octanol–water partition coefficient (Wildman–Crippen LogP) is 2.27. The van der Waals surface area contributed by atoms with Gasteiger partial charge in [-0.2, -0.15) is 0 Å². The van der Waals surface area contributed by atoms with Crippen LogP contribution in [0, 0.1) is 0 Å². The Labute approximate surface area is 138 Å². The molecule has 118 valence electrons. The molecule has 0 saturated heterocycles.